The van der Waals surface area contributed by atoms with Gasteiger partial charge in [0.2, 0.25) is 0 Å². The fourth-order valence-electron chi connectivity index (χ4n) is 0.729. The van der Waals surface area contributed by atoms with Crippen molar-refractivity contribution in [1.29, 1.82) is 0 Å². The number of hydrogen-bond acceptors (Lipinski definition) is 0. The zero-order valence-corrected chi connectivity index (χ0v) is 8.17. The van der Waals surface area contributed by atoms with E-state index in [0.29, 0.717) is 0 Å². The van der Waals surface area contributed by atoms with E-state index in [-0.39, 0.29) is 21.7 Å². The molecule has 0 fully saturated rings. The van der Waals surface area contributed by atoms with Crippen molar-refractivity contribution in [2.75, 3.05) is 0 Å². The molecule has 0 spiro atoms. The first-order chi connectivity index (χ1) is 3.77. The van der Waals surface area contributed by atoms with Crippen LogP contribution in [-0.2, 0) is 21.7 Å². The molecule has 0 saturated carbocycles. The molecule has 0 aliphatic carbocycles. The zero-order valence-electron chi connectivity index (χ0n) is 6.61. The normalized spacial score (nSPS) is 9.33. The molecule has 0 nitrogen and oxygen atoms in total. The standard InChI is InChI=1S/C8H17.Ti/c1-4-5-6-7-8(2)3;/h8H,1,4-7H2,2-3H3;/q-1;. The van der Waals surface area contributed by atoms with Crippen molar-refractivity contribution in [3.8, 4) is 0 Å². The average Bonchev–Trinajstić information content (AvgIpc) is 1.66. The Kier molecular flexibility index (Phi) is 12.0. The van der Waals surface area contributed by atoms with Gasteiger partial charge >= 0.3 is 0 Å². The molecule has 0 aliphatic rings. The second-order valence-electron chi connectivity index (χ2n) is 2.74. The first-order valence-electron chi connectivity index (χ1n) is 3.56. The van der Waals surface area contributed by atoms with Gasteiger partial charge in [-0.15, -0.1) is 0 Å². The average molecular weight is 161 g/mol. The summed E-state index contributed by atoms with van der Waals surface area (Å²) in [5.74, 6) is 0.876. The summed E-state index contributed by atoms with van der Waals surface area (Å²) >= 11 is 0. The molecule has 0 atom stereocenters. The molecular formula is C8H17Ti-. The molecule has 0 radical (unpaired) electrons. The van der Waals surface area contributed by atoms with Crippen molar-refractivity contribution in [2.24, 2.45) is 5.92 Å². The maximum atomic E-state index is 3.78. The molecule has 0 amide bonds. The van der Waals surface area contributed by atoms with Gasteiger partial charge in [0, 0.05) is 21.7 Å². The summed E-state index contributed by atoms with van der Waals surface area (Å²) in [6.07, 6.45) is 5.14. The van der Waals surface area contributed by atoms with Crippen LogP contribution in [0.1, 0.15) is 39.5 Å². The summed E-state index contributed by atoms with van der Waals surface area (Å²) in [4.78, 5) is 0. The minimum atomic E-state index is 0. The Morgan fingerprint density at radius 2 is 1.78 bits per heavy atom. The number of rotatable bonds is 4. The Hall–Kier alpha value is 0.714. The monoisotopic (exact) mass is 161 g/mol. The minimum Gasteiger partial charge on any atom is -0.343 e. The quantitative estimate of drug-likeness (QED) is 0.337. The second kappa shape index (κ2) is 8.71. The van der Waals surface area contributed by atoms with Crippen LogP contribution >= 0.6 is 0 Å². The van der Waals surface area contributed by atoms with Gasteiger partial charge in [0.1, 0.15) is 0 Å². The van der Waals surface area contributed by atoms with Gasteiger partial charge in [-0.2, -0.15) is 6.42 Å². The molecule has 0 aromatic heterocycles. The van der Waals surface area contributed by atoms with E-state index in [1.165, 1.54) is 19.3 Å². The molecule has 0 unspecified atom stereocenters. The summed E-state index contributed by atoms with van der Waals surface area (Å²) < 4.78 is 0. The van der Waals surface area contributed by atoms with E-state index in [1.807, 2.05) is 0 Å². The van der Waals surface area contributed by atoms with Crippen molar-refractivity contribution in [3.05, 3.63) is 6.92 Å². The Labute approximate surface area is 74.3 Å². The Morgan fingerprint density at radius 3 is 2.11 bits per heavy atom. The predicted molar refractivity (Wildman–Crippen MR) is 38.7 cm³/mol. The first kappa shape index (κ1) is 12.4. The van der Waals surface area contributed by atoms with Gasteiger partial charge < -0.3 is 6.92 Å². The van der Waals surface area contributed by atoms with Crippen LogP contribution in [0.5, 0.6) is 0 Å². The van der Waals surface area contributed by atoms with Crippen LogP contribution in [0.15, 0.2) is 0 Å². The molecule has 0 bridgehead atoms. The molecule has 0 rings (SSSR count). The maximum absolute atomic E-state index is 3.78. The maximum Gasteiger partial charge on any atom is 0 e. The molecule has 0 aromatic carbocycles. The summed E-state index contributed by atoms with van der Waals surface area (Å²) in [5, 5.41) is 0. The first-order valence-corrected chi connectivity index (χ1v) is 3.56. The van der Waals surface area contributed by atoms with E-state index in [4.69, 9.17) is 0 Å². The molecule has 0 N–H and O–H groups in total. The molecule has 0 saturated heterocycles. The Morgan fingerprint density at radius 1 is 1.22 bits per heavy atom. The van der Waals surface area contributed by atoms with Crippen LogP contribution in [0.3, 0.4) is 0 Å². The molecule has 0 heterocycles. The third-order valence-electron chi connectivity index (χ3n) is 1.28. The summed E-state index contributed by atoms with van der Waals surface area (Å²) in [6.45, 7) is 8.32. The van der Waals surface area contributed by atoms with Crippen molar-refractivity contribution < 1.29 is 21.7 Å². The topological polar surface area (TPSA) is 0 Å². The molecule has 0 aliphatic heterocycles. The van der Waals surface area contributed by atoms with Crippen LogP contribution < -0.4 is 0 Å². The fraction of sp³-hybridized carbons (Fsp3) is 0.875. The van der Waals surface area contributed by atoms with Crippen LogP contribution in [0.25, 0.3) is 0 Å². The largest absolute Gasteiger partial charge is 0.343 e. The van der Waals surface area contributed by atoms with E-state index >= 15 is 0 Å². The van der Waals surface area contributed by atoms with Crippen LogP contribution in [0.4, 0.5) is 0 Å². The number of unbranched alkanes of at least 4 members (excludes halogenated alkanes) is 2. The fourth-order valence-corrected chi connectivity index (χ4v) is 0.729. The van der Waals surface area contributed by atoms with Gasteiger partial charge in [-0.3, -0.25) is 0 Å². The SMILES string of the molecule is [CH2-]CCCCC(C)C.[Ti]. The molecule has 54 valence electrons. The van der Waals surface area contributed by atoms with Crippen LogP contribution in [0, 0.1) is 12.8 Å². The Bertz CT molecular complexity index is 41.8. The number of hydrogen-bond donors (Lipinski definition) is 0. The van der Waals surface area contributed by atoms with E-state index in [1.54, 1.807) is 0 Å². The minimum absolute atomic E-state index is 0. The smallest absolute Gasteiger partial charge is 0 e. The van der Waals surface area contributed by atoms with Gasteiger partial charge in [-0.1, -0.05) is 33.1 Å². The van der Waals surface area contributed by atoms with E-state index in [9.17, 15) is 0 Å². The van der Waals surface area contributed by atoms with Crippen molar-refractivity contribution in [3.63, 3.8) is 0 Å². The van der Waals surface area contributed by atoms with Crippen LogP contribution in [-0.4, -0.2) is 0 Å². The zero-order chi connectivity index (χ0) is 6.41. The van der Waals surface area contributed by atoms with Crippen molar-refractivity contribution in [1.82, 2.24) is 0 Å². The van der Waals surface area contributed by atoms with E-state index in [2.05, 4.69) is 20.8 Å². The predicted octanol–water partition coefficient (Wildman–Crippen LogP) is 3.03. The summed E-state index contributed by atoms with van der Waals surface area (Å²) in [6, 6.07) is 0. The molecule has 1 heteroatoms. The van der Waals surface area contributed by atoms with E-state index < -0.39 is 0 Å². The van der Waals surface area contributed by atoms with Gasteiger partial charge in [-0.05, 0) is 5.92 Å². The summed E-state index contributed by atoms with van der Waals surface area (Å²) in [7, 11) is 0. The summed E-state index contributed by atoms with van der Waals surface area (Å²) in [5.41, 5.74) is 0. The van der Waals surface area contributed by atoms with Gasteiger partial charge in [0.15, 0.2) is 0 Å². The third kappa shape index (κ3) is 12.0. The van der Waals surface area contributed by atoms with Gasteiger partial charge in [0.25, 0.3) is 0 Å². The Balaban J connectivity index is 0. The second-order valence-corrected chi connectivity index (χ2v) is 2.74. The van der Waals surface area contributed by atoms with Crippen molar-refractivity contribution >= 4 is 0 Å². The molecular weight excluding hydrogens is 144 g/mol. The van der Waals surface area contributed by atoms with Gasteiger partial charge in [-0.25, -0.2) is 0 Å². The van der Waals surface area contributed by atoms with E-state index in [0.717, 1.165) is 12.3 Å². The third-order valence-corrected chi connectivity index (χ3v) is 1.28. The van der Waals surface area contributed by atoms with Crippen LogP contribution in [0.2, 0.25) is 0 Å². The van der Waals surface area contributed by atoms with Gasteiger partial charge in [0.05, 0.1) is 0 Å². The van der Waals surface area contributed by atoms with Crippen molar-refractivity contribution in [2.45, 2.75) is 39.5 Å². The molecule has 9 heavy (non-hydrogen) atoms. The molecule has 0 aromatic rings.